The highest BCUT2D eigenvalue weighted by Crippen LogP contribution is 2.33. The van der Waals surface area contributed by atoms with Crippen molar-refractivity contribution in [3.8, 4) is 0 Å². The van der Waals surface area contributed by atoms with Gasteiger partial charge < -0.3 is 5.32 Å². The van der Waals surface area contributed by atoms with E-state index in [9.17, 15) is 17.6 Å². The van der Waals surface area contributed by atoms with Gasteiger partial charge in [0.2, 0.25) is 0 Å². The van der Waals surface area contributed by atoms with E-state index < -0.39 is 34.9 Å². The smallest absolute Gasteiger partial charge is 0.166 e. The Labute approximate surface area is 128 Å². The van der Waals surface area contributed by atoms with Crippen molar-refractivity contribution in [2.24, 2.45) is 5.92 Å². The number of benzene rings is 1. The molecule has 1 aliphatic rings. The number of nitrogens with zero attached hydrogens (tertiary/aromatic N) is 1. The van der Waals surface area contributed by atoms with Gasteiger partial charge in [-0.15, -0.1) is 0 Å². The Hall–Kier alpha value is -1.14. The molecule has 22 heavy (non-hydrogen) atoms. The van der Waals surface area contributed by atoms with Crippen LogP contribution in [0.1, 0.15) is 38.3 Å². The van der Waals surface area contributed by atoms with E-state index in [1.54, 1.807) is 0 Å². The Morgan fingerprint density at radius 1 is 1.00 bits per heavy atom. The summed E-state index contributed by atoms with van der Waals surface area (Å²) in [5.41, 5.74) is -0.472. The third-order valence-electron chi connectivity index (χ3n) is 4.09. The first-order chi connectivity index (χ1) is 10.4. The van der Waals surface area contributed by atoms with E-state index in [1.807, 2.05) is 18.7 Å². The van der Waals surface area contributed by atoms with Crippen LogP contribution in [0.5, 0.6) is 0 Å². The molecule has 1 N–H and O–H groups in total. The molecule has 0 spiro atoms. The van der Waals surface area contributed by atoms with Crippen molar-refractivity contribution in [1.82, 2.24) is 10.2 Å². The van der Waals surface area contributed by atoms with Gasteiger partial charge in [-0.05, 0) is 18.8 Å². The quantitative estimate of drug-likeness (QED) is 0.659. The number of nitrogens with one attached hydrogen (secondary N) is 1. The molecule has 2 nitrogen and oxygen atoms in total. The third kappa shape index (κ3) is 3.79. The molecule has 1 fully saturated rings. The molecule has 2 rings (SSSR count). The van der Waals surface area contributed by atoms with Crippen LogP contribution in [-0.2, 0) is 0 Å². The molecule has 0 aromatic heterocycles. The number of hydrogen-bond donors (Lipinski definition) is 1. The third-order valence-corrected chi connectivity index (χ3v) is 4.09. The van der Waals surface area contributed by atoms with Crippen LogP contribution in [0.2, 0.25) is 0 Å². The number of halogens is 4. The summed E-state index contributed by atoms with van der Waals surface area (Å²) < 4.78 is 55.4. The highest BCUT2D eigenvalue weighted by Gasteiger charge is 2.30. The molecule has 124 valence electrons. The Kier molecular flexibility index (Phi) is 5.81. The first-order valence-corrected chi connectivity index (χ1v) is 7.69. The fraction of sp³-hybridized carbons (Fsp3) is 0.625. The fourth-order valence-electron chi connectivity index (χ4n) is 2.88. The lowest BCUT2D eigenvalue weighted by Gasteiger charge is -2.36. The SMILES string of the molecule is CC(C)CC[C@H](c1c(F)c(F)cc(F)c1F)N1CCNCC1. The van der Waals surface area contributed by atoms with Crippen LogP contribution in [0.4, 0.5) is 17.6 Å². The molecular formula is C16H22F4N2. The summed E-state index contributed by atoms with van der Waals surface area (Å²) >= 11 is 0. The number of hydrogen-bond acceptors (Lipinski definition) is 2. The molecule has 0 bridgehead atoms. The second-order valence-corrected chi connectivity index (χ2v) is 6.15. The maximum atomic E-state index is 14.1. The zero-order chi connectivity index (χ0) is 16.3. The average molecular weight is 318 g/mol. The Bertz CT molecular complexity index is 487. The molecule has 0 radical (unpaired) electrons. The van der Waals surface area contributed by atoms with Gasteiger partial charge in [0.05, 0.1) is 0 Å². The highest BCUT2D eigenvalue weighted by molar-refractivity contribution is 5.26. The van der Waals surface area contributed by atoms with Gasteiger partial charge in [-0.3, -0.25) is 4.90 Å². The normalized spacial score (nSPS) is 18.0. The average Bonchev–Trinajstić information content (AvgIpc) is 2.49. The van der Waals surface area contributed by atoms with Crippen LogP contribution < -0.4 is 5.32 Å². The molecule has 6 heteroatoms. The first-order valence-electron chi connectivity index (χ1n) is 7.69. The molecule has 1 aliphatic heterocycles. The lowest BCUT2D eigenvalue weighted by Crippen LogP contribution is -2.45. The zero-order valence-electron chi connectivity index (χ0n) is 12.9. The van der Waals surface area contributed by atoms with E-state index >= 15 is 0 Å². The molecule has 1 saturated heterocycles. The molecule has 0 saturated carbocycles. The van der Waals surface area contributed by atoms with E-state index in [0.29, 0.717) is 38.5 Å². The predicted molar refractivity (Wildman–Crippen MR) is 77.5 cm³/mol. The number of rotatable bonds is 5. The van der Waals surface area contributed by atoms with Crippen molar-refractivity contribution in [2.75, 3.05) is 26.2 Å². The Balaban J connectivity index is 2.39. The van der Waals surface area contributed by atoms with Crippen LogP contribution in [0.15, 0.2) is 6.07 Å². The summed E-state index contributed by atoms with van der Waals surface area (Å²) in [6.45, 7) is 6.60. The van der Waals surface area contributed by atoms with Crippen LogP contribution in [0, 0.1) is 29.2 Å². The van der Waals surface area contributed by atoms with Crippen molar-refractivity contribution in [3.05, 3.63) is 34.9 Å². The van der Waals surface area contributed by atoms with Crippen molar-refractivity contribution >= 4 is 0 Å². The van der Waals surface area contributed by atoms with Crippen molar-refractivity contribution in [3.63, 3.8) is 0 Å². The van der Waals surface area contributed by atoms with Crippen LogP contribution in [-0.4, -0.2) is 31.1 Å². The summed E-state index contributed by atoms with van der Waals surface area (Å²) in [6.07, 6.45) is 1.19. The van der Waals surface area contributed by atoms with Gasteiger partial charge in [0, 0.05) is 43.9 Å². The highest BCUT2D eigenvalue weighted by atomic mass is 19.2. The number of piperazine rings is 1. The van der Waals surface area contributed by atoms with Gasteiger partial charge in [0.1, 0.15) is 0 Å². The summed E-state index contributed by atoms with van der Waals surface area (Å²) in [4.78, 5) is 1.90. The molecule has 1 aromatic rings. The summed E-state index contributed by atoms with van der Waals surface area (Å²) in [5, 5.41) is 3.16. The summed E-state index contributed by atoms with van der Waals surface area (Å²) in [6, 6.07) is -0.375. The first kappa shape index (κ1) is 17.2. The second-order valence-electron chi connectivity index (χ2n) is 6.15. The minimum atomic E-state index is -1.33. The maximum Gasteiger partial charge on any atom is 0.166 e. The minimum Gasteiger partial charge on any atom is -0.314 e. The lowest BCUT2D eigenvalue weighted by atomic mass is 9.94. The standard InChI is InChI=1S/C16H22F4N2/c1-10(2)3-4-13(22-7-5-21-6-8-22)14-15(19)11(17)9-12(18)16(14)20/h9-10,13,21H,3-8H2,1-2H3/t13-/m1/s1. The second kappa shape index (κ2) is 7.42. The molecule has 1 heterocycles. The van der Waals surface area contributed by atoms with Crippen LogP contribution in [0.3, 0.4) is 0 Å². The van der Waals surface area contributed by atoms with E-state index in [0.717, 1.165) is 6.42 Å². The fourth-order valence-corrected chi connectivity index (χ4v) is 2.88. The Morgan fingerprint density at radius 2 is 1.55 bits per heavy atom. The topological polar surface area (TPSA) is 15.3 Å². The molecule has 0 unspecified atom stereocenters. The van der Waals surface area contributed by atoms with Gasteiger partial charge in [-0.2, -0.15) is 0 Å². The molecule has 0 amide bonds. The van der Waals surface area contributed by atoms with Gasteiger partial charge in [0.25, 0.3) is 0 Å². The Morgan fingerprint density at radius 3 is 2.05 bits per heavy atom. The molecular weight excluding hydrogens is 296 g/mol. The van der Waals surface area contributed by atoms with E-state index in [2.05, 4.69) is 5.32 Å². The van der Waals surface area contributed by atoms with E-state index in [4.69, 9.17) is 0 Å². The van der Waals surface area contributed by atoms with Gasteiger partial charge in [0.15, 0.2) is 23.3 Å². The van der Waals surface area contributed by atoms with Crippen molar-refractivity contribution in [2.45, 2.75) is 32.7 Å². The van der Waals surface area contributed by atoms with E-state index in [1.165, 1.54) is 0 Å². The lowest BCUT2D eigenvalue weighted by molar-refractivity contribution is 0.151. The van der Waals surface area contributed by atoms with Crippen LogP contribution in [0.25, 0.3) is 0 Å². The predicted octanol–water partition coefficient (Wildman–Crippen LogP) is 3.63. The van der Waals surface area contributed by atoms with Gasteiger partial charge in [-0.1, -0.05) is 13.8 Å². The summed E-state index contributed by atoms with van der Waals surface area (Å²) in [7, 11) is 0. The zero-order valence-corrected chi connectivity index (χ0v) is 12.9. The van der Waals surface area contributed by atoms with E-state index in [-0.39, 0.29) is 6.07 Å². The molecule has 0 aliphatic carbocycles. The van der Waals surface area contributed by atoms with Gasteiger partial charge >= 0.3 is 0 Å². The largest absolute Gasteiger partial charge is 0.314 e. The summed E-state index contributed by atoms with van der Waals surface area (Å²) in [5.74, 6) is -4.87. The van der Waals surface area contributed by atoms with Crippen molar-refractivity contribution in [1.29, 1.82) is 0 Å². The van der Waals surface area contributed by atoms with Crippen molar-refractivity contribution < 1.29 is 17.6 Å². The molecule has 1 atom stereocenters. The minimum absolute atomic E-state index is 0.269. The maximum absolute atomic E-state index is 14.1. The van der Waals surface area contributed by atoms with Crippen LogP contribution >= 0.6 is 0 Å². The van der Waals surface area contributed by atoms with Gasteiger partial charge in [-0.25, -0.2) is 17.6 Å². The molecule has 1 aromatic carbocycles. The monoisotopic (exact) mass is 318 g/mol.